The van der Waals surface area contributed by atoms with Gasteiger partial charge >= 0.3 is 5.97 Å². The van der Waals surface area contributed by atoms with E-state index in [-0.39, 0.29) is 12.8 Å². The van der Waals surface area contributed by atoms with Crippen LogP contribution >= 0.6 is 23.6 Å². The van der Waals surface area contributed by atoms with Crippen LogP contribution in [0.3, 0.4) is 0 Å². The summed E-state index contributed by atoms with van der Waals surface area (Å²) in [5.74, 6) is 1.25. The first kappa shape index (κ1) is 23.6. The zero-order chi connectivity index (χ0) is 24.4. The van der Waals surface area contributed by atoms with E-state index in [4.69, 9.17) is 26.4 Å². The summed E-state index contributed by atoms with van der Waals surface area (Å²) in [7, 11) is 1.41. The summed E-state index contributed by atoms with van der Waals surface area (Å²) in [6, 6.07) is 16.0. The molecule has 182 valence electrons. The van der Waals surface area contributed by atoms with Crippen LogP contribution in [0.2, 0.25) is 0 Å². The highest BCUT2D eigenvalue weighted by Crippen LogP contribution is 2.40. The summed E-state index contributed by atoms with van der Waals surface area (Å²) in [5.41, 5.74) is 3.61. The Morgan fingerprint density at radius 3 is 2.57 bits per heavy atom. The molecule has 2 aliphatic rings. The van der Waals surface area contributed by atoms with E-state index < -0.39 is 0 Å². The number of anilines is 1. The molecule has 9 heteroatoms. The number of esters is 1. The van der Waals surface area contributed by atoms with Crippen LogP contribution in [0.25, 0.3) is 11.1 Å². The molecule has 0 radical (unpaired) electrons. The van der Waals surface area contributed by atoms with Gasteiger partial charge in [0.2, 0.25) is 6.79 Å². The highest BCUT2D eigenvalue weighted by Gasteiger charge is 2.26. The molecule has 2 aromatic carbocycles. The molecule has 3 heterocycles. The van der Waals surface area contributed by atoms with Crippen molar-refractivity contribution in [1.29, 1.82) is 0 Å². The minimum absolute atomic E-state index is 0.288. The molecule has 0 bridgehead atoms. The molecular formula is C26H27N3O4S2. The summed E-state index contributed by atoms with van der Waals surface area (Å²) in [6.07, 6.45) is 0. The zero-order valence-electron chi connectivity index (χ0n) is 19.7. The van der Waals surface area contributed by atoms with Crippen LogP contribution in [0, 0.1) is 6.92 Å². The molecular weight excluding hydrogens is 482 g/mol. The Kier molecular flexibility index (Phi) is 6.90. The molecule has 0 aliphatic carbocycles. The number of nitrogens with one attached hydrogen (secondary N) is 1. The first-order valence-corrected chi connectivity index (χ1v) is 12.7. The zero-order valence-corrected chi connectivity index (χ0v) is 21.3. The van der Waals surface area contributed by atoms with Gasteiger partial charge in [-0.2, -0.15) is 0 Å². The number of piperazine rings is 1. The molecule has 1 fully saturated rings. The molecule has 3 aromatic rings. The maximum absolute atomic E-state index is 12.8. The van der Waals surface area contributed by atoms with Gasteiger partial charge in [0, 0.05) is 43.2 Å². The fourth-order valence-corrected chi connectivity index (χ4v) is 5.88. The number of thiophene rings is 1. The minimum atomic E-state index is -0.368. The Bertz CT molecular complexity index is 1240. The molecule has 1 aromatic heterocycles. The Labute approximate surface area is 214 Å². The Hall–Kier alpha value is -3.14. The summed E-state index contributed by atoms with van der Waals surface area (Å²) < 4.78 is 16.0. The number of fused-ring (bicyclic) bond motifs is 1. The second-order valence-electron chi connectivity index (χ2n) is 8.48. The third-order valence-electron chi connectivity index (χ3n) is 6.26. The number of hydrogen-bond acceptors (Lipinski definition) is 7. The third-order valence-corrected chi connectivity index (χ3v) is 7.64. The number of rotatable bonds is 5. The van der Waals surface area contributed by atoms with Crippen molar-refractivity contribution in [1.82, 2.24) is 9.80 Å². The molecule has 0 atom stereocenters. The van der Waals surface area contributed by atoms with Crippen molar-refractivity contribution in [2.75, 3.05) is 45.4 Å². The van der Waals surface area contributed by atoms with Crippen molar-refractivity contribution in [3.8, 4) is 22.6 Å². The van der Waals surface area contributed by atoms with Gasteiger partial charge in [-0.1, -0.05) is 36.4 Å². The van der Waals surface area contributed by atoms with E-state index in [9.17, 15) is 4.79 Å². The summed E-state index contributed by atoms with van der Waals surface area (Å²) in [4.78, 5) is 18.3. The van der Waals surface area contributed by atoms with Crippen molar-refractivity contribution in [2.45, 2.75) is 13.5 Å². The maximum atomic E-state index is 12.8. The van der Waals surface area contributed by atoms with Gasteiger partial charge in [-0.05, 0) is 42.4 Å². The summed E-state index contributed by atoms with van der Waals surface area (Å²) in [5, 5.41) is 4.69. The number of thiocarbonyl (C=S) groups is 1. The van der Waals surface area contributed by atoms with Gasteiger partial charge in [-0.25, -0.2) is 4.79 Å². The number of carbonyl (C=O) groups is 1. The largest absolute Gasteiger partial charge is 0.465 e. The van der Waals surface area contributed by atoms with Crippen LogP contribution in [-0.4, -0.2) is 61.0 Å². The molecule has 1 saturated heterocycles. The molecule has 2 aliphatic heterocycles. The number of hydrogen-bond donors (Lipinski definition) is 1. The molecule has 5 rings (SSSR count). The third kappa shape index (κ3) is 4.98. The van der Waals surface area contributed by atoms with Crippen LogP contribution in [-0.2, 0) is 11.3 Å². The van der Waals surface area contributed by atoms with E-state index in [2.05, 4.69) is 27.2 Å². The lowest BCUT2D eigenvalue weighted by molar-refractivity contribution is 0.0603. The van der Waals surface area contributed by atoms with E-state index in [0.717, 1.165) is 65.2 Å². The van der Waals surface area contributed by atoms with Crippen molar-refractivity contribution in [2.24, 2.45) is 0 Å². The topological polar surface area (TPSA) is 63.3 Å². The van der Waals surface area contributed by atoms with Crippen LogP contribution in [0.4, 0.5) is 5.00 Å². The highest BCUT2D eigenvalue weighted by atomic mass is 32.1. The predicted octanol–water partition coefficient (Wildman–Crippen LogP) is 4.75. The van der Waals surface area contributed by atoms with Gasteiger partial charge in [-0.3, -0.25) is 4.90 Å². The van der Waals surface area contributed by atoms with Crippen LogP contribution < -0.4 is 14.8 Å². The lowest BCUT2D eigenvalue weighted by atomic mass is 10.0. The number of methoxy groups -OCH3 is 1. The predicted molar refractivity (Wildman–Crippen MR) is 141 cm³/mol. The lowest BCUT2D eigenvalue weighted by Crippen LogP contribution is -2.49. The summed E-state index contributed by atoms with van der Waals surface area (Å²) >= 11 is 7.28. The number of nitrogens with zero attached hydrogens (tertiary/aromatic N) is 2. The first-order chi connectivity index (χ1) is 17.0. The quantitative estimate of drug-likeness (QED) is 0.391. The molecule has 0 unspecified atom stereocenters. The number of benzene rings is 2. The monoisotopic (exact) mass is 509 g/mol. The Morgan fingerprint density at radius 1 is 1.09 bits per heavy atom. The van der Waals surface area contributed by atoms with Gasteiger partial charge < -0.3 is 24.4 Å². The van der Waals surface area contributed by atoms with E-state index in [1.807, 2.05) is 43.3 Å². The maximum Gasteiger partial charge on any atom is 0.341 e. The summed E-state index contributed by atoms with van der Waals surface area (Å²) in [6.45, 7) is 6.54. The van der Waals surface area contributed by atoms with E-state index in [0.29, 0.717) is 10.7 Å². The van der Waals surface area contributed by atoms with Gasteiger partial charge in [0.25, 0.3) is 0 Å². The van der Waals surface area contributed by atoms with Gasteiger partial charge in [0.05, 0.1) is 7.11 Å². The van der Waals surface area contributed by atoms with Crippen LogP contribution in [0.5, 0.6) is 11.5 Å². The number of carbonyl (C=O) groups excluding carboxylic acids is 1. The Balaban J connectivity index is 1.25. The molecule has 0 amide bonds. The lowest BCUT2D eigenvalue weighted by Gasteiger charge is -2.36. The van der Waals surface area contributed by atoms with Crippen LogP contribution in [0.1, 0.15) is 20.8 Å². The van der Waals surface area contributed by atoms with Crippen molar-refractivity contribution >= 4 is 39.6 Å². The molecule has 7 nitrogen and oxygen atoms in total. The molecule has 0 saturated carbocycles. The standard InChI is InChI=1S/C26H27N3O4S2/c1-17-22(19-6-4-3-5-7-19)23(25(30)31-2)24(35-17)27-26(34)29-12-10-28(11-13-29)15-18-8-9-20-21(14-18)33-16-32-20/h3-9,14H,10-13,15-16H2,1-2H3,(H,27,34). The van der Waals surface area contributed by atoms with Crippen LogP contribution in [0.15, 0.2) is 48.5 Å². The normalized spacial score (nSPS) is 15.2. The fourth-order valence-electron chi connectivity index (χ4n) is 4.46. The minimum Gasteiger partial charge on any atom is -0.465 e. The van der Waals surface area contributed by atoms with Crippen molar-refractivity contribution < 1.29 is 19.0 Å². The molecule has 0 spiro atoms. The number of aryl methyl sites for hydroxylation is 1. The average molecular weight is 510 g/mol. The van der Waals surface area contributed by atoms with E-state index in [1.54, 1.807) is 0 Å². The second-order valence-corrected chi connectivity index (χ2v) is 10.1. The second kappa shape index (κ2) is 10.2. The van der Waals surface area contributed by atoms with Gasteiger partial charge in [0.1, 0.15) is 10.6 Å². The van der Waals surface area contributed by atoms with Crippen molar-refractivity contribution in [3.63, 3.8) is 0 Å². The van der Waals surface area contributed by atoms with E-state index >= 15 is 0 Å². The van der Waals surface area contributed by atoms with Gasteiger partial charge in [-0.15, -0.1) is 11.3 Å². The SMILES string of the molecule is COC(=O)c1c(NC(=S)N2CCN(Cc3ccc4c(c3)OCO4)CC2)sc(C)c1-c1ccccc1. The van der Waals surface area contributed by atoms with Gasteiger partial charge in [0.15, 0.2) is 16.6 Å². The highest BCUT2D eigenvalue weighted by molar-refractivity contribution is 7.80. The Morgan fingerprint density at radius 2 is 1.83 bits per heavy atom. The smallest absolute Gasteiger partial charge is 0.341 e. The molecule has 35 heavy (non-hydrogen) atoms. The molecule has 1 N–H and O–H groups in total. The first-order valence-electron chi connectivity index (χ1n) is 11.5. The fraction of sp³-hybridized carbons (Fsp3) is 0.308. The van der Waals surface area contributed by atoms with Crippen molar-refractivity contribution in [3.05, 3.63) is 64.5 Å². The number of ether oxygens (including phenoxy) is 3. The van der Waals surface area contributed by atoms with E-state index in [1.165, 1.54) is 24.0 Å². The average Bonchev–Trinajstić information content (AvgIpc) is 3.48.